The highest BCUT2D eigenvalue weighted by atomic mass is 16.6. The number of ether oxygens (including phenoxy) is 1. The van der Waals surface area contributed by atoms with E-state index in [1.807, 2.05) is 0 Å². The predicted molar refractivity (Wildman–Crippen MR) is 64.3 cm³/mol. The number of nitrogens with zero attached hydrogens (tertiary/aromatic N) is 1. The Labute approximate surface area is 106 Å². The lowest BCUT2D eigenvalue weighted by molar-refractivity contribution is -0.148. The number of carbonyl (C=O) groups is 2. The average molecular weight is 256 g/mol. The van der Waals surface area contributed by atoms with Gasteiger partial charge in [0, 0.05) is 19.1 Å². The normalized spacial score (nSPS) is 34.8. The van der Waals surface area contributed by atoms with E-state index in [1.54, 1.807) is 32.6 Å². The van der Waals surface area contributed by atoms with E-state index in [0.29, 0.717) is 6.54 Å². The molecule has 2 rings (SSSR count). The first-order valence-electron chi connectivity index (χ1n) is 6.11. The maximum Gasteiger partial charge on any atom is 0.410 e. The summed E-state index contributed by atoms with van der Waals surface area (Å²) in [6, 6.07) is -0.247. The molecular weight excluding hydrogens is 236 g/mol. The van der Waals surface area contributed by atoms with Crippen molar-refractivity contribution in [1.82, 2.24) is 10.2 Å². The third-order valence-corrected chi connectivity index (χ3v) is 3.63. The topological polar surface area (TPSA) is 78.9 Å². The molecule has 6 nitrogen and oxygen atoms in total. The zero-order valence-corrected chi connectivity index (χ0v) is 11.2. The number of carbonyl (C=O) groups excluding carboxylic acids is 1. The number of nitrogens with one attached hydrogen (secondary N) is 1. The van der Waals surface area contributed by atoms with Crippen LogP contribution in [-0.2, 0) is 9.53 Å². The SMILES string of the molecule is CC(C)(C)OC(=O)N1CC(C)(C(=O)O)C2NCC21. The van der Waals surface area contributed by atoms with Gasteiger partial charge < -0.3 is 20.1 Å². The molecule has 2 fully saturated rings. The van der Waals surface area contributed by atoms with Gasteiger partial charge in [-0.25, -0.2) is 4.79 Å². The van der Waals surface area contributed by atoms with E-state index in [0.717, 1.165) is 0 Å². The van der Waals surface area contributed by atoms with Crippen LogP contribution in [0.5, 0.6) is 0 Å². The molecule has 0 aromatic heterocycles. The van der Waals surface area contributed by atoms with Crippen LogP contribution in [0, 0.1) is 5.41 Å². The van der Waals surface area contributed by atoms with Crippen LogP contribution >= 0.6 is 0 Å². The summed E-state index contributed by atoms with van der Waals surface area (Å²) in [7, 11) is 0. The second-order valence-electron chi connectivity index (χ2n) is 6.28. The summed E-state index contributed by atoms with van der Waals surface area (Å²) in [4.78, 5) is 24.9. The summed E-state index contributed by atoms with van der Waals surface area (Å²) in [5.41, 5.74) is -1.49. The molecule has 1 amide bonds. The molecule has 3 atom stereocenters. The van der Waals surface area contributed by atoms with Crippen molar-refractivity contribution in [3.8, 4) is 0 Å². The molecule has 0 aromatic carbocycles. The highest BCUT2D eigenvalue weighted by Gasteiger charge is 2.60. The van der Waals surface area contributed by atoms with Gasteiger partial charge in [0.05, 0.1) is 11.5 Å². The Morgan fingerprint density at radius 3 is 2.39 bits per heavy atom. The van der Waals surface area contributed by atoms with E-state index in [2.05, 4.69) is 5.32 Å². The van der Waals surface area contributed by atoms with E-state index in [-0.39, 0.29) is 18.6 Å². The Kier molecular flexibility index (Phi) is 2.81. The number of amides is 1. The van der Waals surface area contributed by atoms with Crippen molar-refractivity contribution >= 4 is 12.1 Å². The lowest BCUT2D eigenvalue weighted by Gasteiger charge is -2.40. The molecule has 0 radical (unpaired) electrons. The second-order valence-corrected chi connectivity index (χ2v) is 6.28. The Morgan fingerprint density at radius 2 is 2.06 bits per heavy atom. The highest BCUT2D eigenvalue weighted by molar-refractivity contribution is 5.79. The molecule has 0 saturated carbocycles. The second kappa shape index (κ2) is 3.85. The van der Waals surface area contributed by atoms with Crippen LogP contribution in [0.4, 0.5) is 4.79 Å². The fourth-order valence-corrected chi connectivity index (χ4v) is 2.57. The van der Waals surface area contributed by atoms with Crippen LogP contribution < -0.4 is 5.32 Å². The fourth-order valence-electron chi connectivity index (χ4n) is 2.57. The largest absolute Gasteiger partial charge is 0.481 e. The van der Waals surface area contributed by atoms with E-state index in [1.165, 1.54) is 0 Å². The maximum atomic E-state index is 12.0. The van der Waals surface area contributed by atoms with Gasteiger partial charge in [0.25, 0.3) is 0 Å². The summed E-state index contributed by atoms with van der Waals surface area (Å²) in [5, 5.41) is 12.4. The van der Waals surface area contributed by atoms with Gasteiger partial charge in [-0.05, 0) is 27.7 Å². The molecular formula is C12H20N2O4. The van der Waals surface area contributed by atoms with Gasteiger partial charge in [-0.15, -0.1) is 0 Å². The van der Waals surface area contributed by atoms with Gasteiger partial charge in [-0.1, -0.05) is 0 Å². The Bertz CT molecular complexity index is 390. The Morgan fingerprint density at radius 1 is 1.44 bits per heavy atom. The van der Waals surface area contributed by atoms with Crippen LogP contribution in [0.15, 0.2) is 0 Å². The van der Waals surface area contributed by atoms with Gasteiger partial charge >= 0.3 is 12.1 Å². The van der Waals surface area contributed by atoms with Gasteiger partial charge in [0.2, 0.25) is 0 Å². The number of hydrogen-bond acceptors (Lipinski definition) is 4. The first-order chi connectivity index (χ1) is 8.15. The third-order valence-electron chi connectivity index (χ3n) is 3.63. The van der Waals surface area contributed by atoms with Crippen LogP contribution in [-0.4, -0.2) is 52.8 Å². The molecule has 2 N–H and O–H groups in total. The lowest BCUT2D eigenvalue weighted by atomic mass is 9.79. The molecule has 2 aliphatic rings. The van der Waals surface area contributed by atoms with E-state index in [9.17, 15) is 14.7 Å². The van der Waals surface area contributed by atoms with E-state index in [4.69, 9.17) is 4.74 Å². The van der Waals surface area contributed by atoms with Gasteiger partial charge in [-0.3, -0.25) is 4.79 Å². The number of carboxylic acids is 1. The minimum absolute atomic E-state index is 0.0686. The summed E-state index contributed by atoms with van der Waals surface area (Å²) >= 11 is 0. The standard InChI is InChI=1S/C12H20N2O4/c1-11(2,3)18-10(17)14-6-12(4,9(15)16)8-7(14)5-13-8/h7-8,13H,5-6H2,1-4H3,(H,15,16). The molecule has 0 aliphatic carbocycles. The molecule has 0 spiro atoms. The van der Waals surface area contributed by atoms with Gasteiger partial charge in [-0.2, -0.15) is 0 Å². The molecule has 3 unspecified atom stereocenters. The zero-order valence-electron chi connectivity index (χ0n) is 11.2. The minimum Gasteiger partial charge on any atom is -0.481 e. The molecule has 18 heavy (non-hydrogen) atoms. The molecule has 2 heterocycles. The van der Waals surface area contributed by atoms with Crippen LogP contribution in [0.2, 0.25) is 0 Å². The molecule has 102 valence electrons. The Balaban J connectivity index is 2.13. The summed E-state index contributed by atoms with van der Waals surface area (Å²) < 4.78 is 5.31. The van der Waals surface area contributed by atoms with E-state index >= 15 is 0 Å². The van der Waals surface area contributed by atoms with Crippen LogP contribution in [0.1, 0.15) is 27.7 Å². The number of aliphatic carboxylic acids is 1. The van der Waals surface area contributed by atoms with Crippen molar-refractivity contribution in [1.29, 1.82) is 0 Å². The van der Waals surface area contributed by atoms with Crippen molar-refractivity contribution in [3.63, 3.8) is 0 Å². The molecule has 0 aromatic rings. The lowest BCUT2D eigenvalue weighted by Crippen LogP contribution is -2.64. The summed E-state index contributed by atoms with van der Waals surface area (Å²) in [5.74, 6) is -0.879. The predicted octanol–water partition coefficient (Wildman–Crippen LogP) is 0.668. The van der Waals surface area contributed by atoms with Crippen molar-refractivity contribution < 1.29 is 19.4 Å². The molecule has 0 bridgehead atoms. The van der Waals surface area contributed by atoms with Crippen molar-refractivity contribution in [2.75, 3.05) is 13.1 Å². The summed E-state index contributed by atoms with van der Waals surface area (Å²) in [6.07, 6.45) is -0.427. The average Bonchev–Trinajstić information content (AvgIpc) is 2.30. The number of fused-ring (bicyclic) bond motifs is 1. The van der Waals surface area contributed by atoms with Gasteiger partial charge in [0.15, 0.2) is 0 Å². The number of likely N-dealkylation sites (tertiary alicyclic amines) is 1. The number of rotatable bonds is 1. The zero-order chi connectivity index (χ0) is 13.7. The minimum atomic E-state index is -0.931. The van der Waals surface area contributed by atoms with Crippen molar-refractivity contribution in [2.24, 2.45) is 5.41 Å². The number of hydrogen-bond donors (Lipinski definition) is 2. The van der Waals surface area contributed by atoms with Crippen molar-refractivity contribution in [2.45, 2.75) is 45.4 Å². The third kappa shape index (κ3) is 1.94. The number of carboxylic acid groups (broad SMARTS) is 1. The smallest absolute Gasteiger partial charge is 0.410 e. The Hall–Kier alpha value is -1.30. The van der Waals surface area contributed by atoms with Crippen molar-refractivity contribution in [3.05, 3.63) is 0 Å². The quantitative estimate of drug-likeness (QED) is 0.721. The summed E-state index contributed by atoms with van der Waals surface area (Å²) in [6.45, 7) is 7.89. The molecule has 6 heteroatoms. The molecule has 2 aliphatic heterocycles. The van der Waals surface area contributed by atoms with Crippen LogP contribution in [0.25, 0.3) is 0 Å². The maximum absolute atomic E-state index is 12.0. The first kappa shape index (κ1) is 13.1. The monoisotopic (exact) mass is 256 g/mol. The fraction of sp³-hybridized carbons (Fsp3) is 0.833. The molecule has 2 saturated heterocycles. The first-order valence-corrected chi connectivity index (χ1v) is 6.11. The van der Waals surface area contributed by atoms with Gasteiger partial charge in [0.1, 0.15) is 5.60 Å². The highest BCUT2D eigenvalue weighted by Crippen LogP contribution is 2.39. The van der Waals surface area contributed by atoms with E-state index < -0.39 is 23.1 Å². The van der Waals surface area contributed by atoms with Crippen LogP contribution in [0.3, 0.4) is 0 Å².